The molecule has 3 rings (SSSR count). The van der Waals surface area contributed by atoms with Gasteiger partial charge >= 0.3 is 0 Å². The van der Waals surface area contributed by atoms with Crippen LogP contribution in [0.5, 0.6) is 0 Å². The third kappa shape index (κ3) is 4.14. The van der Waals surface area contributed by atoms with Gasteiger partial charge in [-0.15, -0.1) is 17.9 Å². The Bertz CT molecular complexity index is 884. The summed E-state index contributed by atoms with van der Waals surface area (Å²) in [4.78, 5) is 16.9. The topological polar surface area (TPSA) is 54.0 Å². The lowest BCUT2D eigenvalue weighted by Crippen LogP contribution is -2.13. The molecule has 5 heteroatoms. The number of hydrogen-bond donors (Lipinski definition) is 2. The Morgan fingerprint density at radius 3 is 2.68 bits per heavy atom. The Balaban J connectivity index is 1.70. The van der Waals surface area contributed by atoms with Crippen molar-refractivity contribution in [1.82, 2.24) is 4.98 Å². The van der Waals surface area contributed by atoms with Crippen molar-refractivity contribution in [2.45, 2.75) is 6.92 Å². The van der Waals surface area contributed by atoms with Crippen molar-refractivity contribution in [3.8, 4) is 11.3 Å². The predicted octanol–water partition coefficient (Wildman–Crippen LogP) is 4.97. The van der Waals surface area contributed by atoms with Crippen molar-refractivity contribution in [3.05, 3.63) is 77.7 Å². The van der Waals surface area contributed by atoms with Gasteiger partial charge in [0.1, 0.15) is 0 Å². The highest BCUT2D eigenvalue weighted by Gasteiger charge is 2.09. The third-order valence-corrected chi connectivity index (χ3v) is 4.53. The van der Waals surface area contributed by atoms with Gasteiger partial charge < -0.3 is 10.6 Å². The minimum absolute atomic E-state index is 0.101. The molecule has 0 saturated carbocycles. The summed E-state index contributed by atoms with van der Waals surface area (Å²) in [7, 11) is 0. The SMILES string of the molecule is C=CCNc1nc(-c2ccc(NC(=O)c3ccccc3C)cc2)cs1. The summed E-state index contributed by atoms with van der Waals surface area (Å²) < 4.78 is 0. The zero-order valence-electron chi connectivity index (χ0n) is 14.0. The van der Waals surface area contributed by atoms with E-state index in [-0.39, 0.29) is 5.91 Å². The van der Waals surface area contributed by atoms with Crippen molar-refractivity contribution < 1.29 is 4.79 Å². The normalized spacial score (nSPS) is 10.3. The molecule has 2 aromatic carbocycles. The van der Waals surface area contributed by atoms with Gasteiger partial charge in [-0.05, 0) is 30.7 Å². The number of nitrogens with one attached hydrogen (secondary N) is 2. The van der Waals surface area contributed by atoms with Crippen molar-refractivity contribution >= 4 is 28.1 Å². The second-order valence-electron chi connectivity index (χ2n) is 5.55. The van der Waals surface area contributed by atoms with Crippen LogP contribution in [0.25, 0.3) is 11.3 Å². The van der Waals surface area contributed by atoms with Crippen molar-refractivity contribution in [1.29, 1.82) is 0 Å². The number of thiazole rings is 1. The van der Waals surface area contributed by atoms with E-state index in [4.69, 9.17) is 0 Å². The quantitative estimate of drug-likeness (QED) is 0.618. The van der Waals surface area contributed by atoms with Crippen LogP contribution in [0.4, 0.5) is 10.8 Å². The fourth-order valence-corrected chi connectivity index (χ4v) is 3.13. The van der Waals surface area contributed by atoms with E-state index in [9.17, 15) is 4.79 Å². The van der Waals surface area contributed by atoms with Crippen LogP contribution in [0.2, 0.25) is 0 Å². The smallest absolute Gasteiger partial charge is 0.255 e. The minimum Gasteiger partial charge on any atom is -0.358 e. The molecule has 0 bridgehead atoms. The summed E-state index contributed by atoms with van der Waals surface area (Å²) in [6, 6.07) is 15.2. The van der Waals surface area contributed by atoms with Crippen LogP contribution < -0.4 is 10.6 Å². The van der Waals surface area contributed by atoms with Crippen LogP contribution in [0.15, 0.2) is 66.6 Å². The molecule has 0 aliphatic heterocycles. The van der Waals surface area contributed by atoms with Crippen LogP contribution in [0.3, 0.4) is 0 Å². The standard InChI is InChI=1S/C20H19N3OS/c1-3-12-21-20-23-18(13-25-20)15-8-10-16(11-9-15)22-19(24)17-7-5-4-6-14(17)2/h3-11,13H,1,12H2,2H3,(H,21,23)(H,22,24). The van der Waals surface area contributed by atoms with E-state index < -0.39 is 0 Å². The zero-order chi connectivity index (χ0) is 17.6. The molecule has 25 heavy (non-hydrogen) atoms. The Kier molecular flexibility index (Phi) is 5.26. The summed E-state index contributed by atoms with van der Waals surface area (Å²) >= 11 is 1.56. The molecule has 2 N–H and O–H groups in total. The Labute approximate surface area is 151 Å². The fourth-order valence-electron chi connectivity index (χ4n) is 2.40. The fraction of sp³-hybridized carbons (Fsp3) is 0.100. The van der Waals surface area contributed by atoms with Crippen LogP contribution in [-0.4, -0.2) is 17.4 Å². The zero-order valence-corrected chi connectivity index (χ0v) is 14.8. The van der Waals surface area contributed by atoms with Gasteiger partial charge in [0.15, 0.2) is 5.13 Å². The van der Waals surface area contributed by atoms with E-state index >= 15 is 0 Å². The molecule has 126 valence electrons. The van der Waals surface area contributed by atoms with Gasteiger partial charge in [0.25, 0.3) is 5.91 Å². The largest absolute Gasteiger partial charge is 0.358 e. The van der Waals surface area contributed by atoms with E-state index in [1.807, 2.05) is 60.8 Å². The Hall–Kier alpha value is -2.92. The van der Waals surface area contributed by atoms with Gasteiger partial charge in [0.2, 0.25) is 0 Å². The van der Waals surface area contributed by atoms with Crippen molar-refractivity contribution in [2.24, 2.45) is 0 Å². The molecule has 0 aliphatic rings. The number of amides is 1. The number of anilines is 2. The van der Waals surface area contributed by atoms with E-state index in [2.05, 4.69) is 22.2 Å². The van der Waals surface area contributed by atoms with Gasteiger partial charge in [0, 0.05) is 28.7 Å². The van der Waals surface area contributed by atoms with Gasteiger partial charge in [-0.25, -0.2) is 4.98 Å². The monoisotopic (exact) mass is 349 g/mol. The molecule has 0 aliphatic carbocycles. The second-order valence-corrected chi connectivity index (χ2v) is 6.41. The molecule has 0 spiro atoms. The van der Waals surface area contributed by atoms with Gasteiger partial charge in [0.05, 0.1) is 5.69 Å². The maximum atomic E-state index is 12.4. The first kappa shape index (κ1) is 16.9. The highest BCUT2D eigenvalue weighted by Crippen LogP contribution is 2.26. The first-order valence-corrected chi connectivity index (χ1v) is 8.83. The lowest BCUT2D eigenvalue weighted by atomic mass is 10.1. The molecule has 1 aromatic heterocycles. The number of hydrogen-bond acceptors (Lipinski definition) is 4. The Morgan fingerprint density at radius 1 is 1.20 bits per heavy atom. The van der Waals surface area contributed by atoms with Crippen LogP contribution in [-0.2, 0) is 0 Å². The number of carbonyl (C=O) groups excluding carboxylic acids is 1. The summed E-state index contributed by atoms with van der Waals surface area (Å²) in [5.41, 5.74) is 4.32. The average molecular weight is 349 g/mol. The lowest BCUT2D eigenvalue weighted by molar-refractivity contribution is 0.102. The van der Waals surface area contributed by atoms with Crippen LogP contribution in [0.1, 0.15) is 15.9 Å². The molecule has 0 radical (unpaired) electrons. The summed E-state index contributed by atoms with van der Waals surface area (Å²) in [6.07, 6.45) is 1.80. The van der Waals surface area contributed by atoms with E-state index in [0.29, 0.717) is 12.1 Å². The highest BCUT2D eigenvalue weighted by atomic mass is 32.1. The predicted molar refractivity (Wildman–Crippen MR) is 105 cm³/mol. The maximum Gasteiger partial charge on any atom is 0.255 e. The number of aromatic nitrogens is 1. The number of rotatable bonds is 6. The van der Waals surface area contributed by atoms with Crippen molar-refractivity contribution in [2.75, 3.05) is 17.2 Å². The lowest BCUT2D eigenvalue weighted by Gasteiger charge is -2.08. The average Bonchev–Trinajstić information content (AvgIpc) is 3.10. The molecule has 3 aromatic rings. The van der Waals surface area contributed by atoms with E-state index in [0.717, 1.165) is 27.6 Å². The minimum atomic E-state index is -0.101. The molecule has 0 saturated heterocycles. The molecule has 0 atom stereocenters. The molecule has 0 unspecified atom stereocenters. The Morgan fingerprint density at radius 2 is 1.96 bits per heavy atom. The summed E-state index contributed by atoms with van der Waals surface area (Å²) in [6.45, 7) is 6.30. The highest BCUT2D eigenvalue weighted by molar-refractivity contribution is 7.14. The molecule has 0 fully saturated rings. The van der Waals surface area contributed by atoms with Gasteiger partial charge in [-0.3, -0.25) is 4.79 Å². The molecule has 1 amide bonds. The van der Waals surface area contributed by atoms with Crippen LogP contribution in [0, 0.1) is 6.92 Å². The maximum absolute atomic E-state index is 12.4. The molecular weight excluding hydrogens is 330 g/mol. The summed E-state index contributed by atoms with van der Waals surface area (Å²) in [5.74, 6) is -0.101. The number of carbonyl (C=O) groups is 1. The van der Waals surface area contributed by atoms with E-state index in [1.54, 1.807) is 17.4 Å². The molecule has 1 heterocycles. The van der Waals surface area contributed by atoms with Crippen molar-refractivity contribution in [3.63, 3.8) is 0 Å². The first-order chi connectivity index (χ1) is 12.2. The molecule has 4 nitrogen and oxygen atoms in total. The van der Waals surface area contributed by atoms with E-state index in [1.165, 1.54) is 0 Å². The van der Waals surface area contributed by atoms with Gasteiger partial charge in [-0.2, -0.15) is 0 Å². The first-order valence-electron chi connectivity index (χ1n) is 7.95. The number of benzene rings is 2. The summed E-state index contributed by atoms with van der Waals surface area (Å²) in [5, 5.41) is 8.98. The molecular formula is C20H19N3OS. The third-order valence-electron chi connectivity index (χ3n) is 3.73. The number of nitrogens with zero attached hydrogens (tertiary/aromatic N) is 1. The van der Waals surface area contributed by atoms with Crippen LogP contribution >= 0.6 is 11.3 Å². The number of aryl methyl sites for hydroxylation is 1. The second kappa shape index (κ2) is 7.77. The van der Waals surface area contributed by atoms with Gasteiger partial charge in [-0.1, -0.05) is 36.4 Å².